The number of H-pyrrole nitrogens is 1. The van der Waals surface area contributed by atoms with Crippen molar-refractivity contribution >= 4 is 45.7 Å². The quantitative estimate of drug-likeness (QED) is 0.427. The zero-order chi connectivity index (χ0) is 21.9. The normalized spacial score (nSPS) is 22.2. The van der Waals surface area contributed by atoms with Crippen molar-refractivity contribution in [1.82, 2.24) is 10.3 Å². The van der Waals surface area contributed by atoms with Crippen LogP contribution in [-0.4, -0.2) is 22.0 Å². The molecule has 31 heavy (non-hydrogen) atoms. The van der Waals surface area contributed by atoms with E-state index >= 15 is 0 Å². The second-order valence-electron chi connectivity index (χ2n) is 8.55. The number of nitrogen functional groups attached to an aromatic ring is 1. The lowest BCUT2D eigenvalue weighted by atomic mass is 9.95. The van der Waals surface area contributed by atoms with Crippen LogP contribution in [0.1, 0.15) is 36.0 Å². The summed E-state index contributed by atoms with van der Waals surface area (Å²) in [6.45, 7) is 0. The van der Waals surface area contributed by atoms with E-state index in [9.17, 15) is 14.7 Å². The average Bonchev–Trinajstić information content (AvgIpc) is 3.37. The largest absolute Gasteiger partial charge is 0.503 e. The Hall–Kier alpha value is -2.70. The first-order valence-corrected chi connectivity index (χ1v) is 11.0. The maximum absolute atomic E-state index is 12.9. The molecule has 2 aromatic carbocycles. The summed E-state index contributed by atoms with van der Waals surface area (Å²) in [7, 11) is 0. The van der Waals surface area contributed by atoms with E-state index in [0.717, 1.165) is 12.3 Å². The van der Waals surface area contributed by atoms with Gasteiger partial charge in [-0.3, -0.25) is 9.59 Å². The van der Waals surface area contributed by atoms with Gasteiger partial charge in [-0.1, -0.05) is 29.6 Å². The highest BCUT2D eigenvalue weighted by atomic mass is 35.5. The molecule has 8 heteroatoms. The van der Waals surface area contributed by atoms with E-state index in [-0.39, 0.29) is 38.8 Å². The summed E-state index contributed by atoms with van der Waals surface area (Å²) < 4.78 is 0. The van der Waals surface area contributed by atoms with Crippen molar-refractivity contribution in [2.45, 2.75) is 31.7 Å². The molecule has 2 bridgehead atoms. The second-order valence-corrected chi connectivity index (χ2v) is 9.36. The number of aromatic amines is 1. The molecule has 2 fully saturated rings. The molecule has 1 aromatic heterocycles. The minimum absolute atomic E-state index is 0.159. The van der Waals surface area contributed by atoms with Gasteiger partial charge in [-0.05, 0) is 61.4 Å². The summed E-state index contributed by atoms with van der Waals surface area (Å²) in [5.41, 5.74) is 6.92. The smallest absolute Gasteiger partial charge is 0.251 e. The maximum atomic E-state index is 12.9. The molecule has 2 aliphatic rings. The number of rotatable bonds is 3. The average molecular weight is 458 g/mol. The third-order valence-corrected chi connectivity index (χ3v) is 7.29. The zero-order valence-electron chi connectivity index (χ0n) is 16.5. The molecule has 3 atom stereocenters. The number of fused-ring (bicyclic) bond motifs is 3. The molecule has 1 heterocycles. The number of nitrogens with two attached hydrogens (primary N) is 1. The minimum atomic E-state index is -0.548. The van der Waals surface area contributed by atoms with E-state index in [0.29, 0.717) is 22.6 Å². The van der Waals surface area contributed by atoms with E-state index < -0.39 is 11.2 Å². The van der Waals surface area contributed by atoms with Crippen LogP contribution in [0.5, 0.6) is 5.75 Å². The molecular weight excluding hydrogens is 437 g/mol. The van der Waals surface area contributed by atoms with Crippen molar-refractivity contribution in [3.05, 3.63) is 56.2 Å². The summed E-state index contributed by atoms with van der Waals surface area (Å²) in [6.07, 6.45) is 4.68. The number of carbonyl (C=O) groups is 1. The van der Waals surface area contributed by atoms with Crippen molar-refractivity contribution in [1.29, 1.82) is 0 Å². The van der Waals surface area contributed by atoms with Crippen molar-refractivity contribution in [3.63, 3.8) is 0 Å². The molecule has 5 rings (SSSR count). The number of halogens is 2. The van der Waals surface area contributed by atoms with Crippen LogP contribution in [0.15, 0.2) is 35.1 Å². The molecule has 5 N–H and O–H groups in total. The van der Waals surface area contributed by atoms with Gasteiger partial charge in [-0.15, -0.1) is 0 Å². The van der Waals surface area contributed by atoms with Crippen LogP contribution in [0.25, 0.3) is 22.2 Å². The monoisotopic (exact) mass is 457 g/mol. The lowest BCUT2D eigenvalue weighted by Gasteiger charge is -2.23. The Morgan fingerprint density at radius 1 is 1.13 bits per heavy atom. The molecule has 3 aromatic rings. The molecule has 0 radical (unpaired) electrons. The summed E-state index contributed by atoms with van der Waals surface area (Å²) in [4.78, 5) is 28.7. The van der Waals surface area contributed by atoms with Crippen molar-refractivity contribution in [2.24, 2.45) is 11.8 Å². The number of hydrogen-bond donors (Lipinski definition) is 4. The fourth-order valence-corrected chi connectivity index (χ4v) is 5.52. The number of nitrogens with one attached hydrogen (secondary N) is 2. The van der Waals surface area contributed by atoms with Crippen LogP contribution in [0.2, 0.25) is 10.0 Å². The Bertz CT molecular complexity index is 1260. The second kappa shape index (κ2) is 7.46. The summed E-state index contributed by atoms with van der Waals surface area (Å²) >= 11 is 12.2. The number of carbonyl (C=O) groups excluding carboxylic acids is 1. The molecule has 2 aliphatic carbocycles. The molecule has 160 valence electrons. The van der Waals surface area contributed by atoms with Crippen LogP contribution in [0.4, 0.5) is 5.69 Å². The Labute approximate surface area is 188 Å². The Balaban J connectivity index is 1.53. The predicted molar refractivity (Wildman–Crippen MR) is 123 cm³/mol. The Morgan fingerprint density at radius 2 is 1.87 bits per heavy atom. The van der Waals surface area contributed by atoms with Gasteiger partial charge in [0.2, 0.25) is 5.43 Å². The van der Waals surface area contributed by atoms with E-state index in [1.165, 1.54) is 31.4 Å². The van der Waals surface area contributed by atoms with E-state index in [4.69, 9.17) is 28.9 Å². The van der Waals surface area contributed by atoms with Crippen LogP contribution in [0, 0.1) is 11.8 Å². The number of benzene rings is 2. The lowest BCUT2D eigenvalue weighted by Crippen LogP contribution is -2.38. The fourth-order valence-electron chi connectivity index (χ4n) is 5.03. The van der Waals surface area contributed by atoms with Gasteiger partial charge < -0.3 is 21.1 Å². The number of amides is 1. The Morgan fingerprint density at radius 3 is 2.52 bits per heavy atom. The maximum Gasteiger partial charge on any atom is 0.251 e. The van der Waals surface area contributed by atoms with Gasteiger partial charge in [0, 0.05) is 22.6 Å². The summed E-state index contributed by atoms with van der Waals surface area (Å²) in [5, 5.41) is 14.3. The number of pyridine rings is 1. The first-order valence-electron chi connectivity index (χ1n) is 10.3. The predicted octanol–water partition coefficient (Wildman–Crippen LogP) is 4.71. The third-order valence-electron chi connectivity index (χ3n) is 6.66. The molecular formula is C23H21Cl2N3O3. The van der Waals surface area contributed by atoms with E-state index in [1.807, 2.05) is 0 Å². The molecule has 1 unspecified atom stereocenters. The van der Waals surface area contributed by atoms with Crippen LogP contribution in [-0.2, 0) is 0 Å². The highest BCUT2D eigenvalue weighted by Gasteiger charge is 2.40. The van der Waals surface area contributed by atoms with Crippen molar-refractivity contribution < 1.29 is 9.90 Å². The van der Waals surface area contributed by atoms with E-state index in [1.54, 1.807) is 18.2 Å². The molecule has 0 spiro atoms. The minimum Gasteiger partial charge on any atom is -0.503 e. The topological polar surface area (TPSA) is 108 Å². The lowest BCUT2D eigenvalue weighted by molar-refractivity contribution is 0.0923. The van der Waals surface area contributed by atoms with Gasteiger partial charge in [-0.25, -0.2) is 0 Å². The van der Waals surface area contributed by atoms with Gasteiger partial charge in [0.05, 0.1) is 26.9 Å². The van der Waals surface area contributed by atoms with Crippen LogP contribution < -0.4 is 16.5 Å². The van der Waals surface area contributed by atoms with Gasteiger partial charge in [0.1, 0.15) is 0 Å². The van der Waals surface area contributed by atoms with Gasteiger partial charge in [-0.2, -0.15) is 0 Å². The number of aromatic nitrogens is 1. The molecule has 1 amide bonds. The molecule has 6 nitrogen and oxygen atoms in total. The van der Waals surface area contributed by atoms with Crippen LogP contribution >= 0.6 is 23.2 Å². The number of anilines is 1. The van der Waals surface area contributed by atoms with Crippen molar-refractivity contribution in [3.8, 4) is 17.0 Å². The molecule has 0 saturated heterocycles. The van der Waals surface area contributed by atoms with Gasteiger partial charge >= 0.3 is 0 Å². The Kier molecular flexibility index (Phi) is 4.87. The third kappa shape index (κ3) is 3.44. The highest BCUT2D eigenvalue weighted by molar-refractivity contribution is 6.39. The number of hydrogen-bond acceptors (Lipinski definition) is 4. The highest BCUT2D eigenvalue weighted by Crippen LogP contribution is 2.44. The molecule has 2 saturated carbocycles. The zero-order valence-corrected chi connectivity index (χ0v) is 18.1. The fraction of sp³-hybridized carbons (Fsp3) is 0.304. The summed E-state index contributed by atoms with van der Waals surface area (Å²) in [5.74, 6) is 0.683. The first-order chi connectivity index (χ1) is 14.8. The van der Waals surface area contributed by atoms with Gasteiger partial charge in [0.15, 0.2) is 5.75 Å². The first kappa shape index (κ1) is 20.2. The van der Waals surface area contributed by atoms with Crippen molar-refractivity contribution in [2.75, 3.05) is 5.73 Å². The SMILES string of the molecule is Nc1c(Cl)cc(-c2[nH]c3cc(C(=O)NC4C[C@H]5CC[C@@H]4C5)ccc3c(=O)c2O)cc1Cl. The van der Waals surface area contributed by atoms with Crippen LogP contribution in [0.3, 0.4) is 0 Å². The standard InChI is InChI=1S/C23H21Cl2N3O3/c24-15-7-13(8-16(25)19(15)26)20-22(30)21(29)14-4-3-12(9-18(14)27-20)23(31)28-17-6-10-1-2-11(17)5-10/h3-4,7-11,17,30H,1-2,5-6,26H2,(H,27,29)(H,28,31)/t10-,11+,17?/m0/s1. The molecule has 0 aliphatic heterocycles. The van der Waals surface area contributed by atoms with E-state index in [2.05, 4.69) is 10.3 Å². The van der Waals surface area contributed by atoms with Gasteiger partial charge in [0.25, 0.3) is 5.91 Å². The number of aromatic hydroxyl groups is 1. The summed E-state index contributed by atoms with van der Waals surface area (Å²) in [6, 6.07) is 8.04.